The van der Waals surface area contributed by atoms with Gasteiger partial charge in [0, 0.05) is 50.4 Å². The predicted molar refractivity (Wildman–Crippen MR) is 144 cm³/mol. The topological polar surface area (TPSA) is 48.0 Å². The zero-order valence-corrected chi connectivity index (χ0v) is 21.6. The molecule has 0 spiro atoms. The van der Waals surface area contributed by atoms with E-state index in [1.807, 2.05) is 24.3 Å². The summed E-state index contributed by atoms with van der Waals surface area (Å²) in [7, 11) is 1.73. The van der Waals surface area contributed by atoms with Gasteiger partial charge >= 0.3 is 0 Å². The Labute approximate surface area is 215 Å². The first-order chi connectivity index (χ1) is 17.7. The van der Waals surface area contributed by atoms with Gasteiger partial charge in [0.15, 0.2) is 0 Å². The number of amides is 1. The van der Waals surface area contributed by atoms with Crippen molar-refractivity contribution in [2.75, 3.05) is 39.8 Å². The molecule has 3 aliphatic heterocycles. The highest BCUT2D eigenvalue weighted by Crippen LogP contribution is 2.41. The second-order valence-corrected chi connectivity index (χ2v) is 10.5. The highest BCUT2D eigenvalue weighted by atomic mass is 16.5. The summed E-state index contributed by atoms with van der Waals surface area (Å²) in [6.07, 6.45) is 9.18. The van der Waals surface area contributed by atoms with Crippen molar-refractivity contribution in [2.24, 2.45) is 0 Å². The van der Waals surface area contributed by atoms with Gasteiger partial charge in [-0.25, -0.2) is 5.01 Å². The van der Waals surface area contributed by atoms with Crippen molar-refractivity contribution in [3.05, 3.63) is 77.9 Å². The molecule has 0 aromatic heterocycles. The van der Waals surface area contributed by atoms with E-state index >= 15 is 0 Å². The first-order valence-corrected chi connectivity index (χ1v) is 13.6. The summed E-state index contributed by atoms with van der Waals surface area (Å²) in [5.74, 6) is 0.863. The first-order valence-electron chi connectivity index (χ1n) is 13.6. The molecule has 6 nitrogen and oxygen atoms in total. The van der Waals surface area contributed by atoms with Gasteiger partial charge in [0.2, 0.25) is 0 Å². The molecule has 3 heterocycles. The zero-order valence-electron chi connectivity index (χ0n) is 21.6. The number of rotatable bonds is 8. The van der Waals surface area contributed by atoms with Crippen molar-refractivity contribution < 1.29 is 9.53 Å². The van der Waals surface area contributed by atoms with Crippen LogP contribution in [0.15, 0.2) is 61.2 Å². The summed E-state index contributed by atoms with van der Waals surface area (Å²) < 4.78 is 5.60. The van der Waals surface area contributed by atoms with Gasteiger partial charge in [0.05, 0.1) is 13.2 Å². The van der Waals surface area contributed by atoms with Crippen molar-refractivity contribution >= 4 is 5.91 Å². The van der Waals surface area contributed by atoms with E-state index in [2.05, 4.69) is 57.1 Å². The third-order valence-corrected chi connectivity index (χ3v) is 8.12. The largest absolute Gasteiger partial charge is 0.497 e. The Hall–Kier alpha value is -2.67. The van der Waals surface area contributed by atoms with E-state index in [0.717, 1.165) is 51.3 Å². The van der Waals surface area contributed by atoms with Crippen molar-refractivity contribution in [3.8, 4) is 5.75 Å². The summed E-state index contributed by atoms with van der Waals surface area (Å²) in [6.45, 7) is 8.97. The second kappa shape index (κ2) is 11.6. The van der Waals surface area contributed by atoms with Gasteiger partial charge in [-0.2, -0.15) is 0 Å². The fourth-order valence-corrected chi connectivity index (χ4v) is 6.33. The van der Waals surface area contributed by atoms with Crippen LogP contribution in [0.25, 0.3) is 0 Å². The highest BCUT2D eigenvalue weighted by molar-refractivity contribution is 5.93. The molecular weight excluding hydrogens is 448 g/mol. The van der Waals surface area contributed by atoms with Crippen molar-refractivity contribution in [1.29, 1.82) is 0 Å². The number of benzene rings is 2. The molecule has 0 aliphatic carbocycles. The lowest BCUT2D eigenvalue weighted by Gasteiger charge is -2.37. The number of nitrogens with one attached hydrogen (secondary N) is 1. The minimum Gasteiger partial charge on any atom is -0.497 e. The Morgan fingerprint density at radius 3 is 2.56 bits per heavy atom. The molecule has 192 valence electrons. The number of likely N-dealkylation sites (tertiary alicyclic amines) is 1. The lowest BCUT2D eigenvalue weighted by molar-refractivity contribution is 0.0750. The molecule has 2 aromatic rings. The molecule has 3 atom stereocenters. The molecule has 0 radical (unpaired) electrons. The van der Waals surface area contributed by atoms with E-state index in [1.165, 1.54) is 36.8 Å². The standard InChI is InChI=1S/C30H40N4O2/c1-3-17-32-20-16-26-14-15-27(22-32)34(26)29(25-8-7-9-28(21-25)36-2)23-10-12-24(13-11-23)30(35)31-33-18-5-4-6-19-33/h3,7-13,21,26-27,29H,1,4-6,14-20,22H2,2H3,(H,31,35). The van der Waals surface area contributed by atoms with E-state index < -0.39 is 0 Å². The van der Waals surface area contributed by atoms with E-state index in [1.54, 1.807) is 7.11 Å². The summed E-state index contributed by atoms with van der Waals surface area (Å²) in [5, 5.41) is 2.06. The van der Waals surface area contributed by atoms with E-state index in [0.29, 0.717) is 17.6 Å². The van der Waals surface area contributed by atoms with Crippen LogP contribution in [0.3, 0.4) is 0 Å². The van der Waals surface area contributed by atoms with Gasteiger partial charge in [0.1, 0.15) is 5.75 Å². The van der Waals surface area contributed by atoms with Gasteiger partial charge < -0.3 is 4.74 Å². The Balaban J connectivity index is 1.43. The molecule has 36 heavy (non-hydrogen) atoms. The molecule has 3 fully saturated rings. The molecule has 2 aromatic carbocycles. The van der Waals surface area contributed by atoms with Gasteiger partial charge in [-0.1, -0.05) is 36.8 Å². The minimum atomic E-state index is -0.0173. The Kier molecular flexibility index (Phi) is 8.05. The van der Waals surface area contributed by atoms with Crippen LogP contribution in [0.4, 0.5) is 0 Å². The van der Waals surface area contributed by atoms with Crippen LogP contribution in [0.1, 0.15) is 66.1 Å². The molecular formula is C30H40N4O2. The Morgan fingerprint density at radius 1 is 1.03 bits per heavy atom. The maximum Gasteiger partial charge on any atom is 0.265 e. The number of hydrogen-bond acceptors (Lipinski definition) is 5. The average Bonchev–Trinajstić information content (AvgIpc) is 3.21. The number of fused-ring (bicyclic) bond motifs is 2. The number of carbonyl (C=O) groups excluding carboxylic acids is 1. The predicted octanol–water partition coefficient (Wildman–Crippen LogP) is 4.64. The van der Waals surface area contributed by atoms with E-state index in [4.69, 9.17) is 4.74 Å². The SMILES string of the molecule is C=CCN1CCC2CCC(C1)N2C(c1ccc(C(=O)NN2CCCCC2)cc1)c1cccc(OC)c1. The molecule has 2 bridgehead atoms. The molecule has 6 heteroatoms. The third-order valence-electron chi connectivity index (χ3n) is 8.12. The third kappa shape index (κ3) is 5.51. The molecule has 3 unspecified atom stereocenters. The van der Waals surface area contributed by atoms with Gasteiger partial charge in [-0.05, 0) is 67.5 Å². The Bertz CT molecular complexity index is 1030. The van der Waals surface area contributed by atoms with Crippen molar-refractivity contribution in [1.82, 2.24) is 20.2 Å². The van der Waals surface area contributed by atoms with E-state index in [-0.39, 0.29) is 11.9 Å². The zero-order chi connectivity index (χ0) is 24.9. The quantitative estimate of drug-likeness (QED) is 0.549. The van der Waals surface area contributed by atoms with Crippen LogP contribution >= 0.6 is 0 Å². The fraction of sp³-hybridized carbons (Fsp3) is 0.500. The Morgan fingerprint density at radius 2 is 1.81 bits per heavy atom. The van der Waals surface area contributed by atoms with Gasteiger partial charge in [-0.3, -0.25) is 20.0 Å². The van der Waals surface area contributed by atoms with Crippen LogP contribution in [0.2, 0.25) is 0 Å². The van der Waals surface area contributed by atoms with Gasteiger partial charge in [0.25, 0.3) is 5.91 Å². The smallest absolute Gasteiger partial charge is 0.265 e. The number of piperidine rings is 1. The normalized spacial score (nSPS) is 24.1. The molecule has 1 N–H and O–H groups in total. The molecule has 3 aliphatic rings. The summed E-state index contributed by atoms with van der Waals surface area (Å²) in [4.78, 5) is 18.2. The lowest BCUT2D eigenvalue weighted by Crippen LogP contribution is -2.45. The second-order valence-electron chi connectivity index (χ2n) is 10.5. The van der Waals surface area contributed by atoms with Crippen LogP contribution in [-0.2, 0) is 0 Å². The number of carbonyl (C=O) groups is 1. The summed E-state index contributed by atoms with van der Waals surface area (Å²) >= 11 is 0. The lowest BCUT2D eigenvalue weighted by atomic mass is 9.94. The summed E-state index contributed by atoms with van der Waals surface area (Å²) in [6, 6.07) is 17.9. The first kappa shape index (κ1) is 25.0. The fourth-order valence-electron chi connectivity index (χ4n) is 6.33. The summed E-state index contributed by atoms with van der Waals surface area (Å²) in [5.41, 5.74) is 6.28. The van der Waals surface area contributed by atoms with Crippen molar-refractivity contribution in [2.45, 2.75) is 56.7 Å². The van der Waals surface area contributed by atoms with Crippen LogP contribution in [0.5, 0.6) is 5.75 Å². The van der Waals surface area contributed by atoms with Crippen molar-refractivity contribution in [3.63, 3.8) is 0 Å². The number of ether oxygens (including phenoxy) is 1. The number of nitrogens with zero attached hydrogens (tertiary/aromatic N) is 3. The monoisotopic (exact) mass is 488 g/mol. The highest BCUT2D eigenvalue weighted by Gasteiger charge is 2.42. The van der Waals surface area contributed by atoms with Gasteiger partial charge in [-0.15, -0.1) is 6.58 Å². The van der Waals surface area contributed by atoms with Crippen LogP contribution in [-0.4, -0.2) is 72.6 Å². The molecule has 1 amide bonds. The maximum atomic E-state index is 12.9. The molecule has 5 rings (SSSR count). The van der Waals surface area contributed by atoms with Crippen LogP contribution in [0, 0.1) is 0 Å². The molecule has 0 saturated carbocycles. The average molecular weight is 489 g/mol. The number of methoxy groups -OCH3 is 1. The van der Waals surface area contributed by atoms with E-state index in [9.17, 15) is 4.79 Å². The number of hydrogen-bond donors (Lipinski definition) is 1. The van der Waals surface area contributed by atoms with Crippen LogP contribution < -0.4 is 10.2 Å². The molecule has 3 saturated heterocycles. The maximum absolute atomic E-state index is 12.9. The number of hydrazine groups is 1. The minimum absolute atomic E-state index is 0.0173.